The number of carbonyl (C=O) groups excluding carboxylic acids is 1. The molecule has 2 aromatic rings. The Kier molecular flexibility index (Phi) is 5.18. The number of nitrogens with zero attached hydrogens (tertiary/aromatic N) is 3. The molecule has 3 heterocycles. The Bertz CT molecular complexity index is 744. The number of ether oxygens (including phenoxy) is 1. The number of nitrogens with two attached hydrogens (primary N) is 1. The van der Waals surface area contributed by atoms with Crippen molar-refractivity contribution in [3.63, 3.8) is 0 Å². The van der Waals surface area contributed by atoms with Crippen LogP contribution in [0.5, 0.6) is 5.75 Å². The molecule has 0 aromatic carbocycles. The van der Waals surface area contributed by atoms with E-state index in [1.807, 2.05) is 4.90 Å². The number of hydrogen-bond donors (Lipinski definition) is 1. The van der Waals surface area contributed by atoms with Crippen LogP contribution in [0.15, 0.2) is 30.7 Å². The molecule has 1 fully saturated rings. The monoisotopic (exact) mass is 348 g/mol. The average Bonchev–Trinajstić information content (AvgIpc) is 2.60. The summed E-state index contributed by atoms with van der Waals surface area (Å²) in [5.41, 5.74) is 5.39. The summed E-state index contributed by atoms with van der Waals surface area (Å²) >= 11 is 0. The van der Waals surface area contributed by atoms with Crippen LogP contribution in [0.25, 0.3) is 0 Å². The minimum atomic E-state index is -0.630. The van der Waals surface area contributed by atoms with E-state index in [-0.39, 0.29) is 23.9 Å². The number of aromatic nitrogens is 2. The van der Waals surface area contributed by atoms with E-state index >= 15 is 0 Å². The Morgan fingerprint density at radius 3 is 2.60 bits per heavy atom. The van der Waals surface area contributed by atoms with Crippen molar-refractivity contribution < 1.29 is 18.3 Å². The fourth-order valence-corrected chi connectivity index (χ4v) is 2.81. The van der Waals surface area contributed by atoms with Crippen LogP contribution in [0.4, 0.5) is 8.78 Å². The van der Waals surface area contributed by atoms with Gasteiger partial charge in [-0.2, -0.15) is 0 Å². The van der Waals surface area contributed by atoms with E-state index in [0.717, 1.165) is 12.4 Å². The van der Waals surface area contributed by atoms with Crippen molar-refractivity contribution in [1.29, 1.82) is 0 Å². The van der Waals surface area contributed by atoms with Gasteiger partial charge in [-0.3, -0.25) is 19.7 Å². The topological polar surface area (TPSA) is 81.3 Å². The normalized spacial score (nSPS) is 15.9. The van der Waals surface area contributed by atoms with Gasteiger partial charge < -0.3 is 10.5 Å². The first-order valence-electron chi connectivity index (χ1n) is 7.95. The number of amides is 1. The Labute approximate surface area is 143 Å². The first-order valence-corrected chi connectivity index (χ1v) is 7.95. The van der Waals surface area contributed by atoms with E-state index in [0.29, 0.717) is 31.7 Å². The summed E-state index contributed by atoms with van der Waals surface area (Å²) in [5.74, 6) is -1.33. The van der Waals surface area contributed by atoms with Gasteiger partial charge in [-0.1, -0.05) is 0 Å². The highest BCUT2D eigenvalue weighted by Gasteiger charge is 2.23. The Morgan fingerprint density at radius 2 is 1.96 bits per heavy atom. The fraction of sp³-hybridized carbons (Fsp3) is 0.353. The highest BCUT2D eigenvalue weighted by atomic mass is 19.1. The molecule has 0 unspecified atom stereocenters. The second-order valence-electron chi connectivity index (χ2n) is 5.92. The number of primary amides is 1. The van der Waals surface area contributed by atoms with Crippen LogP contribution in [0.1, 0.15) is 28.9 Å². The smallest absolute Gasteiger partial charge is 0.267 e. The van der Waals surface area contributed by atoms with E-state index in [4.69, 9.17) is 10.5 Å². The van der Waals surface area contributed by atoms with Crippen LogP contribution in [-0.4, -0.2) is 40.0 Å². The minimum absolute atomic E-state index is 0.0356. The summed E-state index contributed by atoms with van der Waals surface area (Å²) in [6, 6.07) is 3.18. The van der Waals surface area contributed by atoms with E-state index < -0.39 is 17.5 Å². The largest absolute Gasteiger partial charge is 0.490 e. The number of piperidine rings is 1. The van der Waals surface area contributed by atoms with Crippen molar-refractivity contribution in [1.82, 2.24) is 14.9 Å². The third kappa shape index (κ3) is 4.27. The van der Waals surface area contributed by atoms with Crippen molar-refractivity contribution in [3.05, 3.63) is 53.6 Å². The van der Waals surface area contributed by atoms with Gasteiger partial charge in [-0.15, -0.1) is 0 Å². The van der Waals surface area contributed by atoms with E-state index in [9.17, 15) is 13.6 Å². The van der Waals surface area contributed by atoms with Crippen LogP contribution in [-0.2, 0) is 6.54 Å². The molecule has 0 atom stereocenters. The molecule has 1 saturated heterocycles. The van der Waals surface area contributed by atoms with Gasteiger partial charge in [-0.25, -0.2) is 8.78 Å². The number of hydrogen-bond acceptors (Lipinski definition) is 5. The lowest BCUT2D eigenvalue weighted by atomic mass is 10.1. The number of likely N-dealkylation sites (tertiary alicyclic amines) is 1. The van der Waals surface area contributed by atoms with E-state index in [2.05, 4.69) is 9.97 Å². The van der Waals surface area contributed by atoms with Crippen molar-refractivity contribution >= 4 is 5.91 Å². The van der Waals surface area contributed by atoms with Gasteiger partial charge >= 0.3 is 0 Å². The molecule has 2 aromatic heterocycles. The Hall–Kier alpha value is -2.61. The molecular formula is C17H18F2N4O2. The first-order chi connectivity index (χ1) is 12.0. The Morgan fingerprint density at radius 1 is 1.28 bits per heavy atom. The maximum Gasteiger partial charge on any atom is 0.267 e. The zero-order chi connectivity index (χ0) is 17.8. The highest BCUT2D eigenvalue weighted by Crippen LogP contribution is 2.21. The minimum Gasteiger partial charge on any atom is -0.490 e. The molecule has 0 aliphatic carbocycles. The predicted molar refractivity (Wildman–Crippen MR) is 85.8 cm³/mol. The zero-order valence-corrected chi connectivity index (χ0v) is 13.5. The Balaban J connectivity index is 1.55. The highest BCUT2D eigenvalue weighted by molar-refractivity contribution is 5.91. The van der Waals surface area contributed by atoms with Gasteiger partial charge in [-0.05, 0) is 18.9 Å². The van der Waals surface area contributed by atoms with Crippen molar-refractivity contribution in [2.24, 2.45) is 5.73 Å². The van der Waals surface area contributed by atoms with Crippen LogP contribution in [0, 0.1) is 11.6 Å². The lowest BCUT2D eigenvalue weighted by molar-refractivity contribution is 0.0943. The van der Waals surface area contributed by atoms with Gasteiger partial charge in [0.25, 0.3) is 5.91 Å². The summed E-state index contributed by atoms with van der Waals surface area (Å²) in [6.45, 7) is 1.51. The van der Waals surface area contributed by atoms with Crippen LogP contribution >= 0.6 is 0 Å². The standard InChI is InChI=1S/C17H18F2N4O2/c18-14-8-21-9-15(19)13(14)10-23-5-2-11(3-6-23)25-12-1-4-22-16(7-12)17(20)24/h1,4,7-9,11H,2-3,5-6,10H2,(H2,20,24). The molecule has 132 valence electrons. The maximum atomic E-state index is 13.7. The molecule has 0 spiro atoms. The molecule has 0 radical (unpaired) electrons. The predicted octanol–water partition coefficient (Wildman–Crippen LogP) is 1.90. The van der Waals surface area contributed by atoms with Gasteiger partial charge in [0.1, 0.15) is 29.2 Å². The molecule has 1 aliphatic heterocycles. The van der Waals surface area contributed by atoms with Crippen LogP contribution in [0.3, 0.4) is 0 Å². The lowest BCUT2D eigenvalue weighted by Crippen LogP contribution is -2.38. The third-order valence-electron chi connectivity index (χ3n) is 4.16. The average molecular weight is 348 g/mol. The summed E-state index contributed by atoms with van der Waals surface area (Å²) in [6.07, 6.45) is 4.90. The quantitative estimate of drug-likeness (QED) is 0.892. The number of halogens is 2. The molecule has 1 amide bonds. The van der Waals surface area contributed by atoms with Crippen molar-refractivity contribution in [2.75, 3.05) is 13.1 Å². The van der Waals surface area contributed by atoms with Gasteiger partial charge in [0, 0.05) is 37.5 Å². The summed E-state index contributed by atoms with van der Waals surface area (Å²) in [7, 11) is 0. The van der Waals surface area contributed by atoms with Gasteiger partial charge in [0.2, 0.25) is 0 Å². The summed E-state index contributed by atoms with van der Waals surface area (Å²) in [5, 5.41) is 0. The van der Waals surface area contributed by atoms with Crippen LogP contribution < -0.4 is 10.5 Å². The van der Waals surface area contributed by atoms with Gasteiger partial charge in [0.05, 0.1) is 12.4 Å². The lowest BCUT2D eigenvalue weighted by Gasteiger charge is -2.32. The number of carbonyl (C=O) groups is 1. The van der Waals surface area contributed by atoms with Gasteiger partial charge in [0.15, 0.2) is 0 Å². The molecule has 2 N–H and O–H groups in total. The van der Waals surface area contributed by atoms with Crippen LogP contribution in [0.2, 0.25) is 0 Å². The van der Waals surface area contributed by atoms with Crippen molar-refractivity contribution in [3.8, 4) is 5.75 Å². The SMILES string of the molecule is NC(=O)c1cc(OC2CCN(Cc3c(F)cncc3F)CC2)ccn1. The summed E-state index contributed by atoms with van der Waals surface area (Å²) < 4.78 is 33.2. The van der Waals surface area contributed by atoms with Crippen molar-refractivity contribution in [2.45, 2.75) is 25.5 Å². The first kappa shape index (κ1) is 17.2. The third-order valence-corrected chi connectivity index (χ3v) is 4.16. The second kappa shape index (κ2) is 7.52. The molecule has 3 rings (SSSR count). The fourth-order valence-electron chi connectivity index (χ4n) is 2.81. The number of pyridine rings is 2. The molecule has 1 aliphatic rings. The zero-order valence-electron chi connectivity index (χ0n) is 13.5. The molecule has 25 heavy (non-hydrogen) atoms. The molecule has 0 bridgehead atoms. The molecule has 0 saturated carbocycles. The maximum absolute atomic E-state index is 13.7. The van der Waals surface area contributed by atoms with E-state index in [1.54, 1.807) is 6.07 Å². The molecular weight excluding hydrogens is 330 g/mol. The molecule has 6 nitrogen and oxygen atoms in total. The van der Waals surface area contributed by atoms with E-state index in [1.165, 1.54) is 12.3 Å². The molecule has 8 heteroatoms. The number of rotatable bonds is 5. The summed E-state index contributed by atoms with van der Waals surface area (Å²) in [4.78, 5) is 20.5. The second-order valence-corrected chi connectivity index (χ2v) is 5.92.